The van der Waals surface area contributed by atoms with Crippen LogP contribution in [-0.2, 0) is 0 Å². The lowest BCUT2D eigenvalue weighted by Crippen LogP contribution is -2.29. The van der Waals surface area contributed by atoms with Gasteiger partial charge in [-0.15, -0.1) is 11.3 Å². The van der Waals surface area contributed by atoms with Gasteiger partial charge in [-0.05, 0) is 35.4 Å². The zero-order valence-electron chi connectivity index (χ0n) is 14.7. The number of carbonyl (C=O) groups is 1. The van der Waals surface area contributed by atoms with Gasteiger partial charge >= 0.3 is 0 Å². The van der Waals surface area contributed by atoms with Crippen LogP contribution in [-0.4, -0.2) is 10.9 Å². The van der Waals surface area contributed by atoms with Gasteiger partial charge in [0.05, 0.1) is 5.69 Å². The van der Waals surface area contributed by atoms with Crippen molar-refractivity contribution in [3.8, 4) is 22.4 Å². The lowest BCUT2D eigenvalue weighted by atomic mass is 10.0. The smallest absolute Gasteiger partial charge is 0.269 e. The Kier molecular flexibility index (Phi) is 5.50. The average molecular weight is 450 g/mol. The molecule has 1 heterocycles. The van der Waals surface area contributed by atoms with Gasteiger partial charge in [-0.2, -0.15) is 0 Å². The van der Waals surface area contributed by atoms with Crippen molar-refractivity contribution in [2.24, 2.45) is 0 Å². The first kappa shape index (κ1) is 18.4. The number of aromatic nitrogens is 1. The number of thiazole rings is 1. The fraction of sp³-hybridized carbons (Fsp3) is 0. The lowest BCUT2D eigenvalue weighted by Gasteiger charge is -2.07. The molecule has 0 atom stereocenters. The maximum absolute atomic E-state index is 12.4. The van der Waals surface area contributed by atoms with Crippen molar-refractivity contribution in [3.63, 3.8) is 0 Å². The average Bonchev–Trinajstić information content (AvgIpc) is 3.22. The van der Waals surface area contributed by atoms with Crippen LogP contribution < -0.4 is 10.9 Å². The number of rotatable bonds is 5. The minimum Gasteiger partial charge on any atom is -0.273 e. The third kappa shape index (κ3) is 4.30. The first-order valence-electron chi connectivity index (χ1n) is 8.62. The van der Waals surface area contributed by atoms with Crippen molar-refractivity contribution >= 4 is 38.3 Å². The molecule has 2 N–H and O–H groups in total. The Hall–Kier alpha value is -2.96. The summed E-state index contributed by atoms with van der Waals surface area (Å²) in [7, 11) is 0. The van der Waals surface area contributed by atoms with Gasteiger partial charge in [-0.25, -0.2) is 4.98 Å². The predicted molar refractivity (Wildman–Crippen MR) is 118 cm³/mol. The van der Waals surface area contributed by atoms with E-state index in [0.717, 1.165) is 26.9 Å². The minimum absolute atomic E-state index is 0.208. The third-order valence-corrected chi connectivity index (χ3v) is 5.47. The molecular formula is C22H16BrN3OS. The number of nitrogens with zero attached hydrogens (tertiary/aromatic N) is 1. The van der Waals surface area contributed by atoms with Crippen LogP contribution in [0.4, 0.5) is 5.13 Å². The number of carbonyl (C=O) groups excluding carboxylic acids is 1. The molecule has 0 fully saturated rings. The maximum atomic E-state index is 12.4. The second kappa shape index (κ2) is 8.37. The maximum Gasteiger partial charge on any atom is 0.269 e. The quantitative estimate of drug-likeness (QED) is 0.367. The Bertz CT molecular complexity index is 1080. The van der Waals surface area contributed by atoms with Crippen LogP contribution in [0.5, 0.6) is 0 Å². The zero-order valence-corrected chi connectivity index (χ0v) is 17.1. The molecule has 1 aromatic heterocycles. The van der Waals surface area contributed by atoms with Crippen LogP contribution in [0.3, 0.4) is 0 Å². The minimum atomic E-state index is -0.208. The Labute approximate surface area is 175 Å². The normalized spacial score (nSPS) is 10.5. The summed E-state index contributed by atoms with van der Waals surface area (Å²) < 4.78 is 1.02. The number of hydrazine groups is 1. The van der Waals surface area contributed by atoms with Gasteiger partial charge < -0.3 is 0 Å². The number of halogens is 1. The van der Waals surface area contributed by atoms with Crippen LogP contribution in [0.25, 0.3) is 22.4 Å². The number of amides is 1. The number of anilines is 1. The van der Waals surface area contributed by atoms with Crippen molar-refractivity contribution in [1.29, 1.82) is 0 Å². The molecule has 0 saturated carbocycles. The highest BCUT2D eigenvalue weighted by molar-refractivity contribution is 9.10. The molecule has 1 amide bonds. The molecule has 0 saturated heterocycles. The molecule has 4 rings (SSSR count). The fourth-order valence-corrected chi connectivity index (χ4v) is 3.65. The van der Waals surface area contributed by atoms with Gasteiger partial charge in [0, 0.05) is 21.0 Å². The fourth-order valence-electron chi connectivity index (χ4n) is 2.71. The molecule has 6 heteroatoms. The summed E-state index contributed by atoms with van der Waals surface area (Å²) in [6.45, 7) is 0. The molecule has 4 aromatic rings. The summed E-state index contributed by atoms with van der Waals surface area (Å²) in [6, 6.07) is 25.5. The Morgan fingerprint density at radius 1 is 0.821 bits per heavy atom. The lowest BCUT2D eigenvalue weighted by molar-refractivity contribution is 0.0962. The van der Waals surface area contributed by atoms with E-state index in [2.05, 4.69) is 31.8 Å². The number of benzene rings is 3. The van der Waals surface area contributed by atoms with E-state index in [-0.39, 0.29) is 5.91 Å². The third-order valence-electron chi connectivity index (χ3n) is 4.18. The van der Waals surface area contributed by atoms with E-state index in [9.17, 15) is 4.79 Å². The Morgan fingerprint density at radius 2 is 1.46 bits per heavy atom. The van der Waals surface area contributed by atoms with Gasteiger partial charge in [0.1, 0.15) is 0 Å². The molecular weight excluding hydrogens is 434 g/mol. The van der Waals surface area contributed by atoms with Crippen molar-refractivity contribution in [2.45, 2.75) is 0 Å². The van der Waals surface area contributed by atoms with Gasteiger partial charge in [-0.1, -0.05) is 70.5 Å². The van der Waals surface area contributed by atoms with E-state index < -0.39 is 0 Å². The van der Waals surface area contributed by atoms with E-state index in [1.165, 1.54) is 11.3 Å². The van der Waals surface area contributed by atoms with Crippen molar-refractivity contribution in [2.75, 3.05) is 5.43 Å². The molecule has 138 valence electrons. The molecule has 0 aliphatic carbocycles. The summed E-state index contributed by atoms with van der Waals surface area (Å²) in [5.74, 6) is -0.208. The molecule has 28 heavy (non-hydrogen) atoms. The first-order chi connectivity index (χ1) is 13.7. The second-order valence-electron chi connectivity index (χ2n) is 6.07. The van der Waals surface area contributed by atoms with Crippen LogP contribution in [0.2, 0.25) is 0 Å². The predicted octanol–water partition coefficient (Wildman–Crippen LogP) is 6.00. The van der Waals surface area contributed by atoms with Crippen LogP contribution in [0.1, 0.15) is 10.4 Å². The summed E-state index contributed by atoms with van der Waals surface area (Å²) in [5, 5.41) is 2.58. The molecule has 4 nitrogen and oxygen atoms in total. The van der Waals surface area contributed by atoms with Crippen LogP contribution in [0.15, 0.2) is 88.7 Å². The Balaban J connectivity index is 1.39. The van der Waals surface area contributed by atoms with Crippen molar-refractivity contribution in [3.05, 3.63) is 94.3 Å². The Morgan fingerprint density at radius 3 is 2.18 bits per heavy atom. The van der Waals surface area contributed by atoms with Gasteiger partial charge in [-0.3, -0.25) is 15.6 Å². The SMILES string of the molecule is O=C(NNc1nc(-c2ccc(Br)cc2)cs1)c1ccc(-c2ccccc2)cc1. The molecule has 0 aliphatic heterocycles. The van der Waals surface area contributed by atoms with Crippen molar-refractivity contribution in [1.82, 2.24) is 10.4 Å². The van der Waals surface area contributed by atoms with Gasteiger partial charge in [0.15, 0.2) is 0 Å². The summed E-state index contributed by atoms with van der Waals surface area (Å²) in [5.41, 5.74) is 10.3. The number of nitrogens with one attached hydrogen (secondary N) is 2. The molecule has 0 bridgehead atoms. The summed E-state index contributed by atoms with van der Waals surface area (Å²) in [6.07, 6.45) is 0. The largest absolute Gasteiger partial charge is 0.273 e. The number of hydrogen-bond acceptors (Lipinski definition) is 4. The van der Waals surface area contributed by atoms with E-state index in [0.29, 0.717) is 10.7 Å². The van der Waals surface area contributed by atoms with E-state index >= 15 is 0 Å². The summed E-state index contributed by atoms with van der Waals surface area (Å²) >= 11 is 4.86. The van der Waals surface area contributed by atoms with Crippen molar-refractivity contribution < 1.29 is 4.79 Å². The van der Waals surface area contributed by atoms with E-state index in [1.807, 2.05) is 84.2 Å². The molecule has 0 aliphatic rings. The topological polar surface area (TPSA) is 54.0 Å². The molecule has 0 radical (unpaired) electrons. The monoisotopic (exact) mass is 449 g/mol. The van der Waals surface area contributed by atoms with Crippen LogP contribution in [0, 0.1) is 0 Å². The first-order valence-corrected chi connectivity index (χ1v) is 10.3. The van der Waals surface area contributed by atoms with Gasteiger partial charge in [0.25, 0.3) is 5.91 Å². The molecule has 0 unspecified atom stereocenters. The highest BCUT2D eigenvalue weighted by Gasteiger charge is 2.08. The van der Waals surface area contributed by atoms with E-state index in [4.69, 9.17) is 0 Å². The van der Waals surface area contributed by atoms with E-state index in [1.54, 1.807) is 0 Å². The highest BCUT2D eigenvalue weighted by Crippen LogP contribution is 2.25. The van der Waals surface area contributed by atoms with Crippen LogP contribution >= 0.6 is 27.3 Å². The molecule has 3 aromatic carbocycles. The number of hydrogen-bond donors (Lipinski definition) is 2. The summed E-state index contributed by atoms with van der Waals surface area (Å²) in [4.78, 5) is 16.9. The standard InChI is InChI=1S/C22H16BrN3OS/c23-19-12-10-17(11-13-19)20-14-28-22(24-20)26-25-21(27)18-8-6-16(7-9-18)15-4-2-1-3-5-15/h1-14H,(H,24,26)(H,25,27). The second-order valence-corrected chi connectivity index (χ2v) is 7.84. The zero-order chi connectivity index (χ0) is 19.3. The van der Waals surface area contributed by atoms with Gasteiger partial charge in [0.2, 0.25) is 5.13 Å². The highest BCUT2D eigenvalue weighted by atomic mass is 79.9. The molecule has 0 spiro atoms.